The fraction of sp³-hybridized carbons (Fsp3) is 0.688. The van der Waals surface area contributed by atoms with Crippen LogP contribution in [0.1, 0.15) is 17.3 Å². The Hall–Kier alpha value is -1.77. The Bertz CT molecular complexity index is 544. The minimum atomic E-state index is -0.146. The minimum absolute atomic E-state index is 0.00866. The summed E-state index contributed by atoms with van der Waals surface area (Å²) in [6.45, 7) is 8.08. The van der Waals surface area contributed by atoms with Crippen molar-refractivity contribution in [2.24, 2.45) is 0 Å². The average Bonchev–Trinajstić information content (AvgIpc) is 3.04. The highest BCUT2D eigenvalue weighted by Crippen LogP contribution is 2.16. The first-order valence-corrected chi connectivity index (χ1v) is 8.54. The van der Waals surface area contributed by atoms with E-state index in [1.165, 1.54) is 0 Å². The van der Waals surface area contributed by atoms with Gasteiger partial charge in [0.1, 0.15) is 0 Å². The Morgan fingerprint density at radius 2 is 1.96 bits per heavy atom. The molecular formula is C16H26N6O2. The molecule has 2 N–H and O–H groups in total. The lowest BCUT2D eigenvalue weighted by atomic mass is 10.1. The molecule has 1 aromatic rings. The van der Waals surface area contributed by atoms with E-state index in [0.717, 1.165) is 32.7 Å². The molecule has 0 aliphatic carbocycles. The number of nitrogens with one attached hydrogen (secondary N) is 2. The molecule has 2 fully saturated rings. The third kappa shape index (κ3) is 4.00. The van der Waals surface area contributed by atoms with Crippen molar-refractivity contribution in [3.8, 4) is 0 Å². The Balaban J connectivity index is 1.58. The molecular weight excluding hydrogens is 308 g/mol. The highest BCUT2D eigenvalue weighted by Gasteiger charge is 2.35. The first-order valence-electron chi connectivity index (χ1n) is 8.54. The molecule has 3 heterocycles. The number of carbonyl (C=O) groups is 1. The van der Waals surface area contributed by atoms with Crippen molar-refractivity contribution in [2.75, 3.05) is 58.3 Å². The number of aromatic nitrogens is 2. The topological polar surface area (TPSA) is 82.6 Å². The van der Waals surface area contributed by atoms with Crippen LogP contribution >= 0.6 is 0 Å². The summed E-state index contributed by atoms with van der Waals surface area (Å²) in [5.41, 5.74) is 0.473. The van der Waals surface area contributed by atoms with Gasteiger partial charge in [-0.25, -0.2) is 9.97 Å². The number of hydrogen-bond donors (Lipinski definition) is 2. The van der Waals surface area contributed by atoms with Crippen LogP contribution in [0.5, 0.6) is 0 Å². The van der Waals surface area contributed by atoms with Gasteiger partial charge in [-0.3, -0.25) is 9.69 Å². The number of amides is 1. The fourth-order valence-corrected chi connectivity index (χ4v) is 3.14. The van der Waals surface area contributed by atoms with E-state index in [-0.39, 0.29) is 18.0 Å². The zero-order valence-electron chi connectivity index (χ0n) is 14.4. The molecule has 0 saturated carbocycles. The van der Waals surface area contributed by atoms with Crippen LogP contribution in [-0.2, 0) is 4.74 Å². The number of ether oxygens (including phenoxy) is 1. The van der Waals surface area contributed by atoms with Crippen LogP contribution in [0.4, 0.5) is 5.95 Å². The molecule has 2 saturated heterocycles. The standard InChI is InChI=1S/C16H26N6O2/c1-3-17-16-18-8-12(9-19-16)15(23)20-13-10-24-11-14(13)22-6-4-21(2)5-7-22/h8-9,13-14H,3-7,10-11H2,1-2H3,(H,20,23)(H,17,18,19)/t13-,14-/m0/s1. The lowest BCUT2D eigenvalue weighted by Crippen LogP contribution is -2.56. The molecule has 0 radical (unpaired) electrons. The van der Waals surface area contributed by atoms with Gasteiger partial charge in [-0.2, -0.15) is 0 Å². The highest BCUT2D eigenvalue weighted by molar-refractivity contribution is 5.93. The highest BCUT2D eigenvalue weighted by atomic mass is 16.5. The third-order valence-corrected chi connectivity index (χ3v) is 4.62. The van der Waals surface area contributed by atoms with Crippen LogP contribution in [0.25, 0.3) is 0 Å². The Morgan fingerprint density at radius 1 is 1.25 bits per heavy atom. The first kappa shape index (κ1) is 17.1. The van der Waals surface area contributed by atoms with Gasteiger partial charge in [0.25, 0.3) is 5.91 Å². The predicted molar refractivity (Wildman–Crippen MR) is 91.1 cm³/mol. The lowest BCUT2D eigenvalue weighted by molar-refractivity contribution is 0.0828. The average molecular weight is 334 g/mol. The summed E-state index contributed by atoms with van der Waals surface area (Å²) in [6, 6.07) is 0.249. The monoisotopic (exact) mass is 334 g/mol. The van der Waals surface area contributed by atoms with Crippen LogP contribution in [0.2, 0.25) is 0 Å². The van der Waals surface area contributed by atoms with Gasteiger partial charge in [0.05, 0.1) is 30.9 Å². The van der Waals surface area contributed by atoms with E-state index in [1.807, 2.05) is 6.92 Å². The van der Waals surface area contributed by atoms with Crippen molar-refractivity contribution in [1.82, 2.24) is 25.1 Å². The molecule has 8 nitrogen and oxygen atoms in total. The van der Waals surface area contributed by atoms with Crippen LogP contribution < -0.4 is 10.6 Å². The maximum Gasteiger partial charge on any atom is 0.254 e. The predicted octanol–water partition coefficient (Wildman–Crippen LogP) is -0.347. The Labute approximate surface area is 142 Å². The molecule has 24 heavy (non-hydrogen) atoms. The van der Waals surface area contributed by atoms with Crippen LogP contribution in [-0.4, -0.2) is 90.7 Å². The molecule has 2 aliphatic rings. The second-order valence-electron chi connectivity index (χ2n) is 6.35. The number of rotatable bonds is 5. The summed E-state index contributed by atoms with van der Waals surface area (Å²) in [5.74, 6) is 0.390. The number of likely N-dealkylation sites (N-methyl/N-ethyl adjacent to an activating group) is 1. The molecule has 2 atom stereocenters. The zero-order chi connectivity index (χ0) is 16.9. The van der Waals surface area contributed by atoms with Crippen LogP contribution in [0, 0.1) is 0 Å². The van der Waals surface area contributed by atoms with E-state index < -0.39 is 0 Å². The van der Waals surface area contributed by atoms with Gasteiger partial charge >= 0.3 is 0 Å². The minimum Gasteiger partial charge on any atom is -0.378 e. The van der Waals surface area contributed by atoms with Crippen LogP contribution in [0.15, 0.2) is 12.4 Å². The third-order valence-electron chi connectivity index (χ3n) is 4.62. The van der Waals surface area contributed by atoms with Gasteiger partial charge in [0, 0.05) is 45.1 Å². The molecule has 0 spiro atoms. The van der Waals surface area contributed by atoms with E-state index in [2.05, 4.69) is 37.4 Å². The normalized spacial score (nSPS) is 25.6. The number of nitrogens with zero attached hydrogens (tertiary/aromatic N) is 4. The fourth-order valence-electron chi connectivity index (χ4n) is 3.14. The summed E-state index contributed by atoms with van der Waals surface area (Å²) >= 11 is 0. The maximum absolute atomic E-state index is 12.5. The number of carbonyl (C=O) groups excluding carboxylic acids is 1. The Morgan fingerprint density at radius 3 is 2.62 bits per heavy atom. The molecule has 0 aromatic carbocycles. The van der Waals surface area contributed by atoms with Crippen molar-refractivity contribution in [3.05, 3.63) is 18.0 Å². The van der Waals surface area contributed by atoms with E-state index >= 15 is 0 Å². The van der Waals surface area contributed by atoms with E-state index in [9.17, 15) is 4.79 Å². The van der Waals surface area contributed by atoms with Gasteiger partial charge in [-0.1, -0.05) is 0 Å². The second kappa shape index (κ2) is 7.87. The summed E-state index contributed by atoms with van der Waals surface area (Å²) in [4.78, 5) is 25.5. The van der Waals surface area contributed by atoms with E-state index in [0.29, 0.717) is 24.7 Å². The van der Waals surface area contributed by atoms with Crippen LogP contribution in [0.3, 0.4) is 0 Å². The van der Waals surface area contributed by atoms with E-state index in [1.54, 1.807) is 12.4 Å². The molecule has 1 aromatic heterocycles. The SMILES string of the molecule is CCNc1ncc(C(=O)N[C@H]2COC[C@@H]2N2CCN(C)CC2)cn1. The number of anilines is 1. The molecule has 132 valence electrons. The van der Waals surface area contributed by atoms with Gasteiger partial charge in [-0.15, -0.1) is 0 Å². The maximum atomic E-state index is 12.5. The summed E-state index contributed by atoms with van der Waals surface area (Å²) < 4.78 is 5.63. The van der Waals surface area contributed by atoms with Crippen molar-refractivity contribution >= 4 is 11.9 Å². The van der Waals surface area contributed by atoms with Crippen molar-refractivity contribution in [1.29, 1.82) is 0 Å². The second-order valence-corrected chi connectivity index (χ2v) is 6.35. The largest absolute Gasteiger partial charge is 0.378 e. The quantitative estimate of drug-likeness (QED) is 0.762. The molecule has 2 aliphatic heterocycles. The van der Waals surface area contributed by atoms with Gasteiger partial charge < -0.3 is 20.3 Å². The van der Waals surface area contributed by atoms with Crippen molar-refractivity contribution in [3.63, 3.8) is 0 Å². The number of piperazine rings is 1. The summed E-state index contributed by atoms with van der Waals surface area (Å²) in [5, 5.41) is 6.10. The summed E-state index contributed by atoms with van der Waals surface area (Å²) in [7, 11) is 2.14. The molecule has 8 heteroatoms. The lowest BCUT2D eigenvalue weighted by Gasteiger charge is -2.38. The van der Waals surface area contributed by atoms with Gasteiger partial charge in [0.15, 0.2) is 0 Å². The Kier molecular flexibility index (Phi) is 5.60. The van der Waals surface area contributed by atoms with Gasteiger partial charge in [0.2, 0.25) is 5.95 Å². The van der Waals surface area contributed by atoms with Crippen molar-refractivity contribution in [2.45, 2.75) is 19.0 Å². The molecule has 1 amide bonds. The van der Waals surface area contributed by atoms with E-state index in [4.69, 9.17) is 4.74 Å². The number of hydrogen-bond acceptors (Lipinski definition) is 7. The smallest absolute Gasteiger partial charge is 0.254 e. The molecule has 0 bridgehead atoms. The van der Waals surface area contributed by atoms with Crippen molar-refractivity contribution < 1.29 is 9.53 Å². The first-order chi connectivity index (χ1) is 11.7. The zero-order valence-corrected chi connectivity index (χ0v) is 14.4. The summed E-state index contributed by atoms with van der Waals surface area (Å²) in [6.07, 6.45) is 3.11. The molecule has 3 rings (SSSR count). The van der Waals surface area contributed by atoms with Gasteiger partial charge in [-0.05, 0) is 14.0 Å². The molecule has 0 unspecified atom stereocenters.